The lowest BCUT2D eigenvalue weighted by Crippen LogP contribution is -2.25. The van der Waals surface area contributed by atoms with E-state index in [0.29, 0.717) is 17.1 Å². The number of ether oxygens (including phenoxy) is 3. The van der Waals surface area contributed by atoms with Crippen LogP contribution in [0.25, 0.3) is 5.69 Å². The molecule has 0 saturated carbocycles. The molecule has 33 heavy (non-hydrogen) atoms. The fourth-order valence-electron chi connectivity index (χ4n) is 3.61. The Morgan fingerprint density at radius 3 is 2.76 bits per heavy atom. The number of benzene rings is 2. The molecule has 0 spiro atoms. The maximum atomic E-state index is 12.2. The number of fused-ring (bicyclic) bond motifs is 1. The zero-order valence-corrected chi connectivity index (χ0v) is 18.5. The van der Waals surface area contributed by atoms with E-state index in [4.69, 9.17) is 14.2 Å². The van der Waals surface area contributed by atoms with Crippen LogP contribution in [0.3, 0.4) is 0 Å². The molecule has 9 nitrogen and oxygen atoms in total. The molecule has 2 aromatic carbocycles. The number of anilines is 1. The summed E-state index contributed by atoms with van der Waals surface area (Å²) in [5, 5.41) is 7.11. The standard InChI is InChI=1S/C24H24N4O5/c1-15-9-18(16(2)28(15)20-6-4-5-17(10-20)24(30)31-3)12-26-27-23(29)13-25-19-7-8-21-22(11-19)33-14-32-21/h4-12,25H,13-14H2,1-3H3,(H,27,29)/b26-12-. The van der Waals surface area contributed by atoms with Gasteiger partial charge in [0.2, 0.25) is 6.79 Å². The first-order valence-electron chi connectivity index (χ1n) is 10.3. The van der Waals surface area contributed by atoms with Crippen LogP contribution in [0.2, 0.25) is 0 Å². The third-order valence-electron chi connectivity index (χ3n) is 5.21. The summed E-state index contributed by atoms with van der Waals surface area (Å²) < 4.78 is 17.4. The van der Waals surface area contributed by atoms with Crippen LogP contribution >= 0.6 is 0 Å². The summed E-state index contributed by atoms with van der Waals surface area (Å²) in [6.07, 6.45) is 1.60. The van der Waals surface area contributed by atoms with Gasteiger partial charge in [-0.3, -0.25) is 4.79 Å². The van der Waals surface area contributed by atoms with Gasteiger partial charge in [0.05, 0.1) is 25.4 Å². The lowest BCUT2D eigenvalue weighted by molar-refractivity contribution is -0.119. The lowest BCUT2D eigenvalue weighted by atomic mass is 10.2. The highest BCUT2D eigenvalue weighted by molar-refractivity contribution is 5.90. The molecule has 3 aromatic rings. The molecule has 9 heteroatoms. The van der Waals surface area contributed by atoms with E-state index in [1.807, 2.05) is 42.7 Å². The first-order chi connectivity index (χ1) is 16.0. The van der Waals surface area contributed by atoms with Crippen LogP contribution in [-0.2, 0) is 9.53 Å². The van der Waals surface area contributed by atoms with Crippen molar-refractivity contribution in [2.24, 2.45) is 5.10 Å². The molecule has 1 amide bonds. The van der Waals surface area contributed by atoms with Gasteiger partial charge in [0.1, 0.15) is 0 Å². The number of aromatic nitrogens is 1. The second-order valence-electron chi connectivity index (χ2n) is 7.42. The molecule has 0 unspecified atom stereocenters. The molecule has 0 saturated heterocycles. The molecule has 0 radical (unpaired) electrons. The number of nitrogens with zero attached hydrogens (tertiary/aromatic N) is 2. The second-order valence-corrected chi connectivity index (χ2v) is 7.42. The Kier molecular flexibility index (Phi) is 6.30. The maximum Gasteiger partial charge on any atom is 0.337 e. The number of methoxy groups -OCH3 is 1. The van der Waals surface area contributed by atoms with Gasteiger partial charge in [0.15, 0.2) is 11.5 Å². The summed E-state index contributed by atoms with van der Waals surface area (Å²) in [6, 6.07) is 14.5. The Morgan fingerprint density at radius 1 is 1.12 bits per heavy atom. The third-order valence-corrected chi connectivity index (χ3v) is 5.21. The number of hydrogen-bond acceptors (Lipinski definition) is 7. The third kappa shape index (κ3) is 4.82. The smallest absolute Gasteiger partial charge is 0.337 e. The van der Waals surface area contributed by atoms with Crippen molar-refractivity contribution < 1.29 is 23.8 Å². The van der Waals surface area contributed by atoms with E-state index < -0.39 is 5.97 Å². The van der Waals surface area contributed by atoms with E-state index in [1.54, 1.807) is 30.5 Å². The molecule has 1 aliphatic rings. The Hall–Kier alpha value is -4.27. The average Bonchev–Trinajstić information content (AvgIpc) is 3.40. The Morgan fingerprint density at radius 2 is 1.94 bits per heavy atom. The van der Waals surface area contributed by atoms with Crippen LogP contribution in [0.5, 0.6) is 11.5 Å². The number of hydrazone groups is 1. The number of esters is 1. The van der Waals surface area contributed by atoms with Gasteiger partial charge in [-0.05, 0) is 50.2 Å². The van der Waals surface area contributed by atoms with E-state index in [-0.39, 0.29) is 19.2 Å². The molecular weight excluding hydrogens is 424 g/mol. The van der Waals surface area contributed by atoms with Crippen LogP contribution in [0, 0.1) is 13.8 Å². The van der Waals surface area contributed by atoms with Gasteiger partial charge in [-0.15, -0.1) is 0 Å². The SMILES string of the molecule is COC(=O)c1cccc(-n2c(C)cc(/C=N\NC(=O)CNc3ccc4c(c3)OCO4)c2C)c1. The number of aryl methyl sites for hydroxylation is 1. The first kappa shape index (κ1) is 21.9. The van der Waals surface area contributed by atoms with Crippen molar-refractivity contribution in [2.45, 2.75) is 13.8 Å². The van der Waals surface area contributed by atoms with Gasteiger partial charge >= 0.3 is 5.97 Å². The number of carbonyl (C=O) groups excluding carboxylic acids is 2. The second kappa shape index (κ2) is 9.47. The number of rotatable bonds is 7. The van der Waals surface area contributed by atoms with Crippen molar-refractivity contribution in [2.75, 3.05) is 25.8 Å². The zero-order valence-electron chi connectivity index (χ0n) is 18.5. The highest BCUT2D eigenvalue weighted by Gasteiger charge is 2.14. The maximum absolute atomic E-state index is 12.2. The van der Waals surface area contributed by atoms with Crippen LogP contribution < -0.4 is 20.2 Å². The van der Waals surface area contributed by atoms with Crippen molar-refractivity contribution in [3.8, 4) is 17.2 Å². The summed E-state index contributed by atoms with van der Waals surface area (Å²) in [5.41, 5.74) is 7.31. The lowest BCUT2D eigenvalue weighted by Gasteiger charge is -2.11. The van der Waals surface area contributed by atoms with E-state index in [2.05, 4.69) is 15.8 Å². The van der Waals surface area contributed by atoms with Gasteiger partial charge < -0.3 is 24.1 Å². The molecule has 2 heterocycles. The summed E-state index contributed by atoms with van der Waals surface area (Å²) in [7, 11) is 1.36. The quantitative estimate of drug-likeness (QED) is 0.327. The van der Waals surface area contributed by atoms with Gasteiger partial charge in [-0.2, -0.15) is 5.10 Å². The largest absolute Gasteiger partial charge is 0.465 e. The number of hydrogen-bond donors (Lipinski definition) is 2. The van der Waals surface area contributed by atoms with Gasteiger partial charge in [0, 0.05) is 34.4 Å². The number of carbonyl (C=O) groups is 2. The Bertz CT molecular complexity index is 1230. The molecule has 2 N–H and O–H groups in total. The molecule has 170 valence electrons. The monoisotopic (exact) mass is 448 g/mol. The Balaban J connectivity index is 1.39. The molecule has 0 fully saturated rings. The minimum absolute atomic E-state index is 0.0519. The van der Waals surface area contributed by atoms with Gasteiger partial charge in [-0.25, -0.2) is 10.2 Å². The minimum Gasteiger partial charge on any atom is -0.465 e. The minimum atomic E-state index is -0.391. The fourth-order valence-corrected chi connectivity index (χ4v) is 3.61. The predicted octanol–water partition coefficient (Wildman–Crippen LogP) is 3.17. The molecular formula is C24H24N4O5. The molecule has 0 bridgehead atoms. The van der Waals surface area contributed by atoms with Crippen LogP contribution in [0.15, 0.2) is 53.6 Å². The molecule has 1 aromatic heterocycles. The normalized spacial score (nSPS) is 12.1. The summed E-state index contributed by atoms with van der Waals surface area (Å²) in [5.74, 6) is 0.650. The predicted molar refractivity (Wildman–Crippen MR) is 123 cm³/mol. The van der Waals surface area contributed by atoms with Crippen molar-refractivity contribution in [3.05, 3.63) is 71.0 Å². The van der Waals surface area contributed by atoms with E-state index in [9.17, 15) is 9.59 Å². The summed E-state index contributed by atoms with van der Waals surface area (Å²) in [4.78, 5) is 24.0. The molecule has 0 aliphatic carbocycles. The topological polar surface area (TPSA) is 103 Å². The molecule has 0 atom stereocenters. The number of amides is 1. The van der Waals surface area contributed by atoms with Crippen molar-refractivity contribution in [1.82, 2.24) is 9.99 Å². The fraction of sp³-hybridized carbons (Fsp3) is 0.208. The summed E-state index contributed by atoms with van der Waals surface area (Å²) in [6.45, 7) is 4.16. The van der Waals surface area contributed by atoms with E-state index in [0.717, 1.165) is 28.3 Å². The van der Waals surface area contributed by atoms with Crippen LogP contribution in [0.4, 0.5) is 5.69 Å². The van der Waals surface area contributed by atoms with E-state index >= 15 is 0 Å². The molecule has 1 aliphatic heterocycles. The van der Waals surface area contributed by atoms with Gasteiger partial charge in [0.25, 0.3) is 5.91 Å². The Labute approximate surface area is 191 Å². The van der Waals surface area contributed by atoms with Crippen LogP contribution in [-0.4, -0.2) is 43.1 Å². The van der Waals surface area contributed by atoms with Crippen molar-refractivity contribution >= 4 is 23.8 Å². The molecule has 4 rings (SSSR count). The highest BCUT2D eigenvalue weighted by atomic mass is 16.7. The average molecular weight is 448 g/mol. The number of nitrogens with one attached hydrogen (secondary N) is 2. The van der Waals surface area contributed by atoms with Gasteiger partial charge in [-0.1, -0.05) is 6.07 Å². The van der Waals surface area contributed by atoms with Crippen LogP contribution in [0.1, 0.15) is 27.3 Å². The summed E-state index contributed by atoms with van der Waals surface area (Å²) >= 11 is 0. The first-order valence-corrected chi connectivity index (χ1v) is 10.3. The van der Waals surface area contributed by atoms with E-state index in [1.165, 1.54) is 7.11 Å². The highest BCUT2D eigenvalue weighted by Crippen LogP contribution is 2.34. The van der Waals surface area contributed by atoms with Crippen molar-refractivity contribution in [3.63, 3.8) is 0 Å². The zero-order chi connectivity index (χ0) is 23.4. The van der Waals surface area contributed by atoms with Crippen molar-refractivity contribution in [1.29, 1.82) is 0 Å².